The van der Waals surface area contributed by atoms with Gasteiger partial charge < -0.3 is 19.4 Å². The second-order valence-corrected chi connectivity index (χ2v) is 7.22. The molecule has 0 aliphatic carbocycles. The van der Waals surface area contributed by atoms with Gasteiger partial charge in [-0.15, -0.1) is 0 Å². The van der Waals surface area contributed by atoms with Crippen LogP contribution in [0.15, 0.2) is 39.3 Å². The Morgan fingerprint density at radius 1 is 1.19 bits per heavy atom. The molecule has 1 amide bonds. The van der Waals surface area contributed by atoms with E-state index in [4.69, 9.17) is 8.94 Å². The van der Waals surface area contributed by atoms with E-state index in [-0.39, 0.29) is 23.4 Å². The van der Waals surface area contributed by atoms with Gasteiger partial charge in [-0.3, -0.25) is 4.79 Å². The number of aliphatic hydroxyl groups is 1. The third-order valence-corrected chi connectivity index (χ3v) is 4.96. The van der Waals surface area contributed by atoms with Crippen molar-refractivity contribution in [1.29, 1.82) is 0 Å². The number of nitrogens with one attached hydrogen (secondary N) is 1. The maximum absolute atomic E-state index is 13.9. The van der Waals surface area contributed by atoms with Crippen molar-refractivity contribution in [1.82, 2.24) is 15.5 Å². The maximum atomic E-state index is 13.9. The minimum Gasteiger partial charge on any atom is -0.466 e. The van der Waals surface area contributed by atoms with Crippen molar-refractivity contribution in [3.63, 3.8) is 0 Å². The van der Waals surface area contributed by atoms with E-state index < -0.39 is 23.6 Å². The number of aryl methyl sites for hydroxylation is 3. The molecule has 31 heavy (non-hydrogen) atoms. The predicted molar refractivity (Wildman–Crippen MR) is 107 cm³/mol. The van der Waals surface area contributed by atoms with Crippen LogP contribution in [0, 0.1) is 32.4 Å². The van der Waals surface area contributed by atoms with Gasteiger partial charge in [-0.2, -0.15) is 0 Å². The number of hydrogen-bond donors (Lipinski definition) is 2. The van der Waals surface area contributed by atoms with Gasteiger partial charge in [0.25, 0.3) is 11.6 Å². The first kappa shape index (κ1) is 20.7. The molecular formula is C22H19F2N3O4. The number of benzene rings is 1. The largest absolute Gasteiger partial charge is 0.466 e. The topological polar surface area (TPSA) is 101 Å². The van der Waals surface area contributed by atoms with Gasteiger partial charge in [0.15, 0.2) is 0 Å². The number of fused-ring (bicyclic) bond motifs is 1. The second kappa shape index (κ2) is 7.92. The summed E-state index contributed by atoms with van der Waals surface area (Å²) < 4.78 is 37.8. The fourth-order valence-electron chi connectivity index (χ4n) is 3.46. The van der Waals surface area contributed by atoms with E-state index >= 15 is 0 Å². The first-order valence-electron chi connectivity index (χ1n) is 9.50. The minimum absolute atomic E-state index is 0.118. The molecule has 0 aliphatic rings. The quantitative estimate of drug-likeness (QED) is 0.496. The molecule has 7 nitrogen and oxygen atoms in total. The zero-order valence-electron chi connectivity index (χ0n) is 17.0. The molecule has 0 saturated heterocycles. The van der Waals surface area contributed by atoms with Crippen molar-refractivity contribution in [2.24, 2.45) is 0 Å². The number of aliphatic hydroxyl groups excluding tert-OH is 1. The highest BCUT2D eigenvalue weighted by Gasteiger charge is 2.22. The SMILES string of the molecule is Cc1cc(-c2cc(C(=O)NCC(O)c3ccc(F)cc3F)c3c(C)noc3n2)c(C)o1. The summed E-state index contributed by atoms with van der Waals surface area (Å²) in [6.07, 6.45) is -1.36. The summed E-state index contributed by atoms with van der Waals surface area (Å²) in [7, 11) is 0. The lowest BCUT2D eigenvalue weighted by Crippen LogP contribution is -2.29. The molecule has 0 aliphatic heterocycles. The summed E-state index contributed by atoms with van der Waals surface area (Å²) in [5, 5.41) is 17.2. The normalized spacial score (nSPS) is 12.3. The van der Waals surface area contributed by atoms with Crippen molar-refractivity contribution < 1.29 is 27.6 Å². The number of pyridine rings is 1. The number of rotatable bonds is 5. The van der Waals surface area contributed by atoms with Crippen LogP contribution in [0.5, 0.6) is 0 Å². The van der Waals surface area contributed by atoms with Crippen LogP contribution in [0.3, 0.4) is 0 Å². The number of nitrogens with zero attached hydrogens (tertiary/aromatic N) is 2. The van der Waals surface area contributed by atoms with Crippen LogP contribution < -0.4 is 5.32 Å². The lowest BCUT2D eigenvalue weighted by molar-refractivity contribution is 0.0915. The molecule has 0 spiro atoms. The zero-order chi connectivity index (χ0) is 22.3. The molecule has 1 aromatic carbocycles. The smallest absolute Gasteiger partial charge is 0.259 e. The molecule has 4 rings (SSSR count). The van der Waals surface area contributed by atoms with Gasteiger partial charge in [0.2, 0.25) is 0 Å². The molecule has 1 atom stereocenters. The fourth-order valence-corrected chi connectivity index (χ4v) is 3.46. The van der Waals surface area contributed by atoms with Gasteiger partial charge in [-0.25, -0.2) is 13.8 Å². The van der Waals surface area contributed by atoms with E-state index in [0.717, 1.165) is 12.1 Å². The van der Waals surface area contributed by atoms with Crippen LogP contribution in [0.2, 0.25) is 0 Å². The van der Waals surface area contributed by atoms with Gasteiger partial charge in [0.05, 0.1) is 28.4 Å². The third kappa shape index (κ3) is 3.91. The van der Waals surface area contributed by atoms with Crippen LogP contribution in [0.1, 0.15) is 39.2 Å². The summed E-state index contributed by atoms with van der Waals surface area (Å²) in [6.45, 7) is 4.99. The number of carbonyl (C=O) groups excluding carboxylic acids is 1. The lowest BCUT2D eigenvalue weighted by atomic mass is 10.0. The van der Waals surface area contributed by atoms with Crippen LogP contribution in [0.25, 0.3) is 22.4 Å². The Kier molecular flexibility index (Phi) is 5.28. The van der Waals surface area contributed by atoms with Crippen molar-refractivity contribution in [3.8, 4) is 11.3 Å². The first-order valence-corrected chi connectivity index (χ1v) is 9.50. The third-order valence-electron chi connectivity index (χ3n) is 4.96. The van der Waals surface area contributed by atoms with Gasteiger partial charge in [0.1, 0.15) is 23.2 Å². The Balaban J connectivity index is 1.65. The monoisotopic (exact) mass is 427 g/mol. The van der Waals surface area contributed by atoms with Gasteiger partial charge in [0, 0.05) is 23.7 Å². The predicted octanol–water partition coefficient (Wildman–Crippen LogP) is 4.15. The van der Waals surface area contributed by atoms with E-state index in [0.29, 0.717) is 39.9 Å². The average molecular weight is 427 g/mol. The molecule has 3 aromatic heterocycles. The molecule has 0 bridgehead atoms. The number of halogens is 2. The van der Waals surface area contributed by atoms with E-state index in [1.54, 1.807) is 32.9 Å². The Bertz CT molecular complexity index is 1300. The standard InChI is InChI=1S/C22H19F2N3O4/c1-10-6-15(12(3)30-10)18-8-16(20-11(2)27-31-22(20)26-18)21(29)25-9-19(28)14-5-4-13(23)7-17(14)24/h4-8,19,28H,9H2,1-3H3,(H,25,29). The van der Waals surface area contributed by atoms with Crippen molar-refractivity contribution in [2.75, 3.05) is 6.54 Å². The molecular weight excluding hydrogens is 408 g/mol. The molecule has 9 heteroatoms. The highest BCUT2D eigenvalue weighted by atomic mass is 19.1. The van der Waals surface area contributed by atoms with Crippen molar-refractivity contribution in [3.05, 3.63) is 70.3 Å². The molecule has 0 saturated carbocycles. The Labute approximate surface area is 175 Å². The maximum Gasteiger partial charge on any atom is 0.259 e. The van der Waals surface area contributed by atoms with Crippen molar-refractivity contribution in [2.45, 2.75) is 26.9 Å². The van der Waals surface area contributed by atoms with Crippen molar-refractivity contribution >= 4 is 17.0 Å². The molecule has 2 N–H and O–H groups in total. The van der Waals surface area contributed by atoms with E-state index in [2.05, 4.69) is 15.5 Å². The molecule has 4 aromatic rings. The van der Waals surface area contributed by atoms with Crippen LogP contribution in [-0.4, -0.2) is 27.7 Å². The number of amides is 1. The molecule has 0 radical (unpaired) electrons. The van der Waals surface area contributed by atoms with E-state index in [9.17, 15) is 18.7 Å². The van der Waals surface area contributed by atoms with E-state index in [1.807, 2.05) is 0 Å². The molecule has 160 valence electrons. The Hall–Kier alpha value is -3.59. The average Bonchev–Trinajstić information content (AvgIpc) is 3.26. The number of furan rings is 1. The Morgan fingerprint density at radius 2 is 1.97 bits per heavy atom. The summed E-state index contributed by atoms with van der Waals surface area (Å²) >= 11 is 0. The lowest BCUT2D eigenvalue weighted by Gasteiger charge is -2.14. The number of hydrogen-bond acceptors (Lipinski definition) is 6. The molecule has 1 unspecified atom stereocenters. The van der Waals surface area contributed by atoms with Gasteiger partial charge in [-0.1, -0.05) is 11.2 Å². The molecule has 3 heterocycles. The second-order valence-electron chi connectivity index (χ2n) is 7.22. The first-order chi connectivity index (χ1) is 14.7. The highest BCUT2D eigenvalue weighted by molar-refractivity contribution is 6.07. The van der Waals surface area contributed by atoms with Crippen LogP contribution >= 0.6 is 0 Å². The summed E-state index contributed by atoms with van der Waals surface area (Å²) in [6, 6.07) is 6.24. The fraction of sp³-hybridized carbons (Fsp3) is 0.227. The summed E-state index contributed by atoms with van der Waals surface area (Å²) in [4.78, 5) is 17.4. The van der Waals surface area contributed by atoms with Gasteiger partial charge in [-0.05, 0) is 39.0 Å². The Morgan fingerprint density at radius 3 is 2.65 bits per heavy atom. The van der Waals surface area contributed by atoms with E-state index in [1.165, 1.54) is 0 Å². The van der Waals surface area contributed by atoms with Gasteiger partial charge >= 0.3 is 0 Å². The van der Waals surface area contributed by atoms with Crippen LogP contribution in [-0.2, 0) is 0 Å². The molecule has 0 fully saturated rings. The zero-order valence-corrected chi connectivity index (χ0v) is 17.0. The highest BCUT2D eigenvalue weighted by Crippen LogP contribution is 2.30. The summed E-state index contributed by atoms with van der Waals surface area (Å²) in [5.41, 5.74) is 1.95. The van der Waals surface area contributed by atoms with Crippen LogP contribution in [0.4, 0.5) is 8.78 Å². The number of aromatic nitrogens is 2. The number of carbonyl (C=O) groups is 1. The minimum atomic E-state index is -1.36. The summed E-state index contributed by atoms with van der Waals surface area (Å²) in [5.74, 6) is -0.847.